The van der Waals surface area contributed by atoms with E-state index in [1.54, 1.807) is 0 Å². The van der Waals surface area contributed by atoms with Gasteiger partial charge in [-0.25, -0.2) is 9.48 Å². The number of aromatic nitrogens is 3. The molecule has 1 saturated heterocycles. The van der Waals surface area contributed by atoms with Crippen LogP contribution in [0.15, 0.2) is 6.20 Å². The van der Waals surface area contributed by atoms with Gasteiger partial charge in [-0.3, -0.25) is 0 Å². The van der Waals surface area contributed by atoms with E-state index in [2.05, 4.69) is 15.6 Å². The monoisotopic (exact) mass is 196 g/mol. The molecule has 6 nitrogen and oxygen atoms in total. The first kappa shape index (κ1) is 9.14. The zero-order valence-electron chi connectivity index (χ0n) is 7.68. The third-order valence-electron chi connectivity index (χ3n) is 2.39. The van der Waals surface area contributed by atoms with E-state index in [0.29, 0.717) is 12.6 Å². The van der Waals surface area contributed by atoms with Crippen molar-refractivity contribution in [2.24, 2.45) is 0 Å². The molecule has 6 heteroatoms. The second-order valence-corrected chi connectivity index (χ2v) is 3.40. The molecule has 1 aromatic heterocycles. The number of carboxylic acids is 1. The van der Waals surface area contributed by atoms with Gasteiger partial charge in [0.25, 0.3) is 0 Å². The van der Waals surface area contributed by atoms with Crippen molar-refractivity contribution in [3.63, 3.8) is 0 Å². The lowest BCUT2D eigenvalue weighted by atomic mass is 10.2. The van der Waals surface area contributed by atoms with Crippen LogP contribution in [-0.2, 0) is 6.54 Å². The highest BCUT2D eigenvalue weighted by atomic mass is 16.4. The highest BCUT2D eigenvalue weighted by Gasteiger charge is 2.18. The van der Waals surface area contributed by atoms with Crippen LogP contribution in [0.3, 0.4) is 0 Å². The van der Waals surface area contributed by atoms with Crippen LogP contribution in [0.2, 0.25) is 0 Å². The van der Waals surface area contributed by atoms with Crippen LogP contribution < -0.4 is 5.32 Å². The fourth-order valence-corrected chi connectivity index (χ4v) is 1.68. The molecule has 1 fully saturated rings. The number of nitrogens with one attached hydrogen (secondary N) is 1. The molecule has 0 radical (unpaired) electrons. The highest BCUT2D eigenvalue weighted by molar-refractivity contribution is 5.85. The van der Waals surface area contributed by atoms with E-state index >= 15 is 0 Å². The summed E-state index contributed by atoms with van der Waals surface area (Å²) in [6, 6.07) is 0.329. The third kappa shape index (κ3) is 1.74. The van der Waals surface area contributed by atoms with Crippen molar-refractivity contribution >= 4 is 5.97 Å². The van der Waals surface area contributed by atoms with Gasteiger partial charge in [0.1, 0.15) is 0 Å². The lowest BCUT2D eigenvalue weighted by Gasteiger charge is -2.10. The zero-order valence-corrected chi connectivity index (χ0v) is 7.68. The largest absolute Gasteiger partial charge is 0.476 e. The van der Waals surface area contributed by atoms with Crippen LogP contribution in [0.1, 0.15) is 23.3 Å². The number of aromatic carboxylic acids is 1. The SMILES string of the molecule is O=C(O)c1cnnn1CC1CCCN1. The van der Waals surface area contributed by atoms with Gasteiger partial charge in [-0.05, 0) is 19.4 Å². The van der Waals surface area contributed by atoms with Crippen molar-refractivity contribution in [3.8, 4) is 0 Å². The summed E-state index contributed by atoms with van der Waals surface area (Å²) < 4.78 is 1.44. The summed E-state index contributed by atoms with van der Waals surface area (Å²) in [7, 11) is 0. The van der Waals surface area contributed by atoms with Crippen LogP contribution >= 0.6 is 0 Å². The van der Waals surface area contributed by atoms with E-state index < -0.39 is 5.97 Å². The van der Waals surface area contributed by atoms with E-state index in [9.17, 15) is 4.79 Å². The van der Waals surface area contributed by atoms with Gasteiger partial charge >= 0.3 is 5.97 Å². The molecule has 76 valence electrons. The molecule has 1 aliphatic rings. The van der Waals surface area contributed by atoms with Gasteiger partial charge in [0.05, 0.1) is 12.7 Å². The first-order valence-corrected chi connectivity index (χ1v) is 4.62. The van der Waals surface area contributed by atoms with Crippen molar-refractivity contribution in [1.82, 2.24) is 20.3 Å². The van der Waals surface area contributed by atoms with E-state index in [4.69, 9.17) is 5.11 Å². The molecule has 0 amide bonds. The van der Waals surface area contributed by atoms with E-state index in [1.807, 2.05) is 0 Å². The van der Waals surface area contributed by atoms with Gasteiger partial charge in [0.15, 0.2) is 5.69 Å². The van der Waals surface area contributed by atoms with Gasteiger partial charge in [-0.2, -0.15) is 0 Å². The minimum Gasteiger partial charge on any atom is -0.476 e. The Kier molecular flexibility index (Phi) is 2.45. The summed E-state index contributed by atoms with van der Waals surface area (Å²) in [5, 5.41) is 19.4. The van der Waals surface area contributed by atoms with Crippen LogP contribution in [0.5, 0.6) is 0 Å². The molecule has 2 heterocycles. The molecular weight excluding hydrogens is 184 g/mol. The van der Waals surface area contributed by atoms with Crippen molar-refractivity contribution in [2.45, 2.75) is 25.4 Å². The lowest BCUT2D eigenvalue weighted by Crippen LogP contribution is -2.28. The number of carbonyl (C=O) groups is 1. The first-order chi connectivity index (χ1) is 6.77. The van der Waals surface area contributed by atoms with Gasteiger partial charge in [0.2, 0.25) is 0 Å². The van der Waals surface area contributed by atoms with Crippen molar-refractivity contribution in [2.75, 3.05) is 6.54 Å². The molecule has 14 heavy (non-hydrogen) atoms. The molecular formula is C8H12N4O2. The Labute approximate surface area is 80.9 Å². The fraction of sp³-hybridized carbons (Fsp3) is 0.625. The highest BCUT2D eigenvalue weighted by Crippen LogP contribution is 2.08. The summed E-state index contributed by atoms with van der Waals surface area (Å²) in [5.41, 5.74) is 0.152. The number of hydrogen-bond acceptors (Lipinski definition) is 4. The van der Waals surface area contributed by atoms with Crippen LogP contribution in [0.25, 0.3) is 0 Å². The Bertz CT molecular complexity index is 330. The van der Waals surface area contributed by atoms with Crippen molar-refractivity contribution in [1.29, 1.82) is 0 Å². The average Bonchev–Trinajstić information content (AvgIpc) is 2.75. The van der Waals surface area contributed by atoms with Gasteiger partial charge in [-0.15, -0.1) is 5.10 Å². The molecule has 0 aliphatic carbocycles. The van der Waals surface area contributed by atoms with E-state index in [0.717, 1.165) is 19.4 Å². The molecule has 1 aromatic rings. The number of rotatable bonds is 3. The second kappa shape index (κ2) is 3.75. The Hall–Kier alpha value is -1.43. The minimum absolute atomic E-state index is 0.152. The zero-order chi connectivity index (χ0) is 9.97. The summed E-state index contributed by atoms with van der Waals surface area (Å²) in [6.07, 6.45) is 3.48. The smallest absolute Gasteiger partial charge is 0.355 e. The van der Waals surface area contributed by atoms with Gasteiger partial charge in [0, 0.05) is 6.04 Å². The lowest BCUT2D eigenvalue weighted by molar-refractivity contribution is 0.0682. The molecule has 2 N–H and O–H groups in total. The number of hydrogen-bond donors (Lipinski definition) is 2. The van der Waals surface area contributed by atoms with Gasteiger partial charge in [-0.1, -0.05) is 5.21 Å². The number of carboxylic acid groups (broad SMARTS) is 1. The normalized spacial score (nSPS) is 21.3. The van der Waals surface area contributed by atoms with Crippen LogP contribution in [0, 0.1) is 0 Å². The van der Waals surface area contributed by atoms with Crippen molar-refractivity contribution in [3.05, 3.63) is 11.9 Å². The predicted octanol–water partition coefficient (Wildman–Crippen LogP) is -0.272. The fourth-order valence-electron chi connectivity index (χ4n) is 1.68. The topological polar surface area (TPSA) is 80.0 Å². The molecule has 0 saturated carbocycles. The molecule has 0 aromatic carbocycles. The number of nitrogens with zero attached hydrogens (tertiary/aromatic N) is 3. The maximum Gasteiger partial charge on any atom is 0.355 e. The Morgan fingerprint density at radius 3 is 3.29 bits per heavy atom. The molecule has 2 rings (SSSR count). The summed E-state index contributed by atoms with van der Waals surface area (Å²) >= 11 is 0. The summed E-state index contributed by atoms with van der Waals surface area (Å²) in [6.45, 7) is 1.59. The van der Waals surface area contributed by atoms with E-state index in [1.165, 1.54) is 10.9 Å². The Balaban J connectivity index is 2.07. The molecule has 1 atom stereocenters. The first-order valence-electron chi connectivity index (χ1n) is 4.62. The third-order valence-corrected chi connectivity index (χ3v) is 2.39. The standard InChI is InChI=1S/C8H12N4O2/c13-8(14)7-4-10-11-12(7)5-6-2-1-3-9-6/h4,6,9H,1-3,5H2,(H,13,14). The molecule has 0 spiro atoms. The van der Waals surface area contributed by atoms with Crippen LogP contribution in [0.4, 0.5) is 0 Å². The van der Waals surface area contributed by atoms with Crippen molar-refractivity contribution < 1.29 is 9.90 Å². The Morgan fingerprint density at radius 1 is 1.79 bits per heavy atom. The maximum absolute atomic E-state index is 10.7. The maximum atomic E-state index is 10.7. The molecule has 1 unspecified atom stereocenters. The molecule has 0 bridgehead atoms. The summed E-state index contributed by atoms with van der Waals surface area (Å²) in [5.74, 6) is -0.979. The minimum atomic E-state index is -0.979. The van der Waals surface area contributed by atoms with E-state index in [-0.39, 0.29) is 5.69 Å². The quantitative estimate of drug-likeness (QED) is 0.695. The second-order valence-electron chi connectivity index (χ2n) is 3.40. The van der Waals surface area contributed by atoms with Gasteiger partial charge < -0.3 is 10.4 Å². The predicted molar refractivity (Wildman–Crippen MR) is 48.0 cm³/mol. The Morgan fingerprint density at radius 2 is 2.64 bits per heavy atom. The summed E-state index contributed by atoms with van der Waals surface area (Å²) in [4.78, 5) is 10.7. The average molecular weight is 196 g/mol. The molecule has 1 aliphatic heterocycles. The van der Waals surface area contributed by atoms with Crippen LogP contribution in [-0.4, -0.2) is 38.7 Å².